The van der Waals surface area contributed by atoms with E-state index in [1.54, 1.807) is 0 Å². The van der Waals surface area contributed by atoms with Crippen molar-refractivity contribution >= 4 is 0 Å². The molecule has 2 saturated carbocycles. The summed E-state index contributed by atoms with van der Waals surface area (Å²) >= 11 is 0. The van der Waals surface area contributed by atoms with Crippen LogP contribution in [0.25, 0.3) is 0 Å². The van der Waals surface area contributed by atoms with Gasteiger partial charge in [-0.05, 0) is 63.2 Å². The fourth-order valence-corrected chi connectivity index (χ4v) is 3.78. The first-order valence-electron chi connectivity index (χ1n) is 7.67. The Morgan fingerprint density at radius 2 is 1.53 bits per heavy atom. The first kappa shape index (κ1) is 14.8. The Morgan fingerprint density at radius 1 is 1.00 bits per heavy atom. The normalized spacial score (nSPS) is 39.7. The Labute approximate surface area is 115 Å². The summed E-state index contributed by atoms with van der Waals surface area (Å²) in [4.78, 5) is 0. The average molecular weight is 272 g/mol. The summed E-state index contributed by atoms with van der Waals surface area (Å²) in [6.07, 6.45) is 8.45. The molecule has 0 unspecified atom stereocenters. The van der Waals surface area contributed by atoms with Gasteiger partial charge in [-0.1, -0.05) is 19.8 Å². The minimum absolute atomic E-state index is 0.373. The summed E-state index contributed by atoms with van der Waals surface area (Å²) in [6.45, 7) is 4.31. The van der Waals surface area contributed by atoms with Gasteiger partial charge in [0.1, 0.15) is 11.9 Å². The molecule has 110 valence electrons. The maximum atomic E-state index is 12.1. The first-order valence-corrected chi connectivity index (χ1v) is 7.67. The van der Waals surface area contributed by atoms with Crippen LogP contribution in [0, 0.1) is 17.8 Å². The molecule has 0 aliphatic heterocycles. The zero-order chi connectivity index (χ0) is 13.9. The maximum Gasteiger partial charge on any atom is 0.304 e. The predicted octanol–water partition coefficient (Wildman–Crippen LogP) is 5.52. The highest BCUT2D eigenvalue weighted by atomic mass is 19.3. The first-order chi connectivity index (χ1) is 8.98. The van der Waals surface area contributed by atoms with Gasteiger partial charge in [-0.25, -0.2) is 0 Å². The summed E-state index contributed by atoms with van der Waals surface area (Å²) < 4.78 is 29.5. The second kappa shape index (κ2) is 6.23. The van der Waals surface area contributed by atoms with Crippen molar-refractivity contribution in [3.8, 4) is 0 Å². The minimum Gasteiger partial charge on any atom is -0.490 e. The highest BCUT2D eigenvalue weighted by Gasteiger charge is 2.36. The van der Waals surface area contributed by atoms with Crippen LogP contribution in [0.3, 0.4) is 0 Å². The lowest BCUT2D eigenvalue weighted by Crippen LogP contribution is -2.35. The fraction of sp³-hybridized carbons (Fsp3) is 0.875. The van der Waals surface area contributed by atoms with E-state index >= 15 is 0 Å². The van der Waals surface area contributed by atoms with Crippen LogP contribution in [0.1, 0.15) is 65.2 Å². The Morgan fingerprint density at radius 3 is 2.05 bits per heavy atom. The van der Waals surface area contributed by atoms with E-state index in [-0.39, 0.29) is 5.60 Å². The SMILES string of the molecule is CC1CCC(C2CCC(C)(OC=C(F)F)CC2)CC1. The molecule has 0 bridgehead atoms. The summed E-state index contributed by atoms with van der Waals surface area (Å²) in [5.74, 6) is 2.56. The molecular formula is C16H26F2O. The molecule has 2 fully saturated rings. The van der Waals surface area contributed by atoms with Crippen LogP contribution in [0.5, 0.6) is 0 Å². The minimum atomic E-state index is -1.73. The third kappa shape index (κ3) is 4.19. The van der Waals surface area contributed by atoms with Crippen molar-refractivity contribution in [3.63, 3.8) is 0 Å². The molecule has 1 nitrogen and oxygen atoms in total. The molecule has 0 aromatic carbocycles. The predicted molar refractivity (Wildman–Crippen MR) is 72.9 cm³/mol. The van der Waals surface area contributed by atoms with E-state index in [9.17, 15) is 8.78 Å². The molecule has 0 N–H and O–H groups in total. The zero-order valence-corrected chi connectivity index (χ0v) is 12.1. The van der Waals surface area contributed by atoms with E-state index in [0.29, 0.717) is 6.26 Å². The maximum absolute atomic E-state index is 12.1. The van der Waals surface area contributed by atoms with Crippen LogP contribution in [0.15, 0.2) is 12.3 Å². The van der Waals surface area contributed by atoms with Crippen molar-refractivity contribution in [1.29, 1.82) is 0 Å². The highest BCUT2D eigenvalue weighted by Crippen LogP contribution is 2.43. The average Bonchev–Trinajstić information content (AvgIpc) is 2.39. The van der Waals surface area contributed by atoms with E-state index < -0.39 is 6.08 Å². The van der Waals surface area contributed by atoms with E-state index in [0.717, 1.165) is 43.4 Å². The van der Waals surface area contributed by atoms with Gasteiger partial charge >= 0.3 is 6.08 Å². The fourth-order valence-electron chi connectivity index (χ4n) is 3.78. The molecule has 0 aromatic rings. The van der Waals surface area contributed by atoms with E-state index in [4.69, 9.17) is 4.74 Å². The molecule has 19 heavy (non-hydrogen) atoms. The molecule has 3 heteroatoms. The third-order valence-electron chi connectivity index (χ3n) is 5.25. The molecule has 0 heterocycles. The van der Waals surface area contributed by atoms with Crippen LogP contribution in [-0.4, -0.2) is 5.60 Å². The van der Waals surface area contributed by atoms with Crippen LogP contribution in [-0.2, 0) is 4.74 Å². The number of hydrogen-bond donors (Lipinski definition) is 0. The number of hydrogen-bond acceptors (Lipinski definition) is 1. The van der Waals surface area contributed by atoms with Crippen molar-refractivity contribution in [3.05, 3.63) is 12.3 Å². The van der Waals surface area contributed by atoms with Gasteiger partial charge in [-0.2, -0.15) is 8.78 Å². The van der Waals surface area contributed by atoms with Gasteiger partial charge in [0.25, 0.3) is 0 Å². The van der Waals surface area contributed by atoms with Crippen LogP contribution >= 0.6 is 0 Å². The van der Waals surface area contributed by atoms with Gasteiger partial charge in [0.05, 0.1) is 0 Å². The van der Waals surface area contributed by atoms with Crippen molar-refractivity contribution in [2.24, 2.45) is 17.8 Å². The van der Waals surface area contributed by atoms with Gasteiger partial charge < -0.3 is 4.74 Å². The van der Waals surface area contributed by atoms with Crippen LogP contribution in [0.2, 0.25) is 0 Å². The lowest BCUT2D eigenvalue weighted by Gasteiger charge is -2.41. The second-order valence-electron chi connectivity index (χ2n) is 6.83. The molecule has 0 aromatic heterocycles. The van der Waals surface area contributed by atoms with Gasteiger partial charge in [0.15, 0.2) is 0 Å². The Kier molecular flexibility index (Phi) is 4.86. The molecule has 0 spiro atoms. The highest BCUT2D eigenvalue weighted by molar-refractivity contribution is 4.89. The third-order valence-corrected chi connectivity index (χ3v) is 5.25. The largest absolute Gasteiger partial charge is 0.490 e. The number of rotatable bonds is 3. The molecule has 0 amide bonds. The van der Waals surface area contributed by atoms with E-state index in [2.05, 4.69) is 6.92 Å². The molecule has 2 rings (SSSR count). The molecule has 0 atom stereocenters. The van der Waals surface area contributed by atoms with Crippen LogP contribution < -0.4 is 0 Å². The van der Waals surface area contributed by atoms with Gasteiger partial charge in [0.2, 0.25) is 0 Å². The van der Waals surface area contributed by atoms with Crippen molar-refractivity contribution in [2.45, 2.75) is 70.8 Å². The summed E-state index contributed by atoms with van der Waals surface area (Å²) in [7, 11) is 0. The monoisotopic (exact) mass is 272 g/mol. The van der Waals surface area contributed by atoms with Crippen LogP contribution in [0.4, 0.5) is 8.78 Å². The molecule has 2 aliphatic rings. The number of halogens is 2. The van der Waals surface area contributed by atoms with Crippen molar-refractivity contribution in [1.82, 2.24) is 0 Å². The Hall–Kier alpha value is -0.600. The zero-order valence-electron chi connectivity index (χ0n) is 12.1. The quantitative estimate of drug-likeness (QED) is 0.615. The smallest absolute Gasteiger partial charge is 0.304 e. The van der Waals surface area contributed by atoms with Gasteiger partial charge in [0, 0.05) is 0 Å². The second-order valence-corrected chi connectivity index (χ2v) is 6.83. The topological polar surface area (TPSA) is 9.23 Å². The summed E-state index contributed by atoms with van der Waals surface area (Å²) in [5, 5.41) is 0. The standard InChI is InChI=1S/C16H26F2O/c1-12-3-5-13(6-4-12)14-7-9-16(2,10-8-14)19-11-15(17)18/h11-14H,3-10H2,1-2H3. The Balaban J connectivity index is 1.80. The lowest BCUT2D eigenvalue weighted by atomic mass is 9.68. The van der Waals surface area contributed by atoms with E-state index in [1.807, 2.05) is 6.92 Å². The van der Waals surface area contributed by atoms with E-state index in [1.165, 1.54) is 25.7 Å². The molecule has 2 aliphatic carbocycles. The number of ether oxygens (including phenoxy) is 1. The molecule has 0 saturated heterocycles. The molecular weight excluding hydrogens is 246 g/mol. The van der Waals surface area contributed by atoms with Gasteiger partial charge in [-0.3, -0.25) is 0 Å². The van der Waals surface area contributed by atoms with Crippen molar-refractivity contribution < 1.29 is 13.5 Å². The lowest BCUT2D eigenvalue weighted by molar-refractivity contribution is -0.0224. The summed E-state index contributed by atoms with van der Waals surface area (Å²) in [6, 6.07) is 0. The summed E-state index contributed by atoms with van der Waals surface area (Å²) in [5.41, 5.74) is -0.373. The Bertz CT molecular complexity index is 307. The van der Waals surface area contributed by atoms with Crippen molar-refractivity contribution in [2.75, 3.05) is 0 Å². The van der Waals surface area contributed by atoms with Gasteiger partial charge in [-0.15, -0.1) is 0 Å². The molecule has 0 radical (unpaired) electrons.